The summed E-state index contributed by atoms with van der Waals surface area (Å²) in [5.74, 6) is 0. The Balaban J connectivity index is 2.91. The third-order valence-electron chi connectivity index (χ3n) is 1.99. The average molecular weight is 229 g/mol. The predicted octanol–water partition coefficient (Wildman–Crippen LogP) is 1.27. The monoisotopic (exact) mass is 229 g/mol. The highest BCUT2D eigenvalue weighted by Crippen LogP contribution is 2.14. The van der Waals surface area contributed by atoms with Gasteiger partial charge in [0, 0.05) is 0 Å². The first kappa shape index (κ1) is 12.2. The molecule has 0 heterocycles. The summed E-state index contributed by atoms with van der Waals surface area (Å²) in [5, 5.41) is 2.70. The Labute approximate surface area is 90.4 Å². The fourth-order valence-electron chi connectivity index (χ4n) is 0.999. The van der Waals surface area contributed by atoms with Crippen molar-refractivity contribution in [2.45, 2.75) is 25.0 Å². The number of rotatable bonds is 4. The quantitative estimate of drug-likeness (QED) is 0.624. The average Bonchev–Trinajstić information content (AvgIpc) is 2.17. The summed E-state index contributed by atoms with van der Waals surface area (Å²) in [6.07, 6.45) is -0.531. The Bertz CT molecular complexity index is 411. The number of hydrogen-bond donors (Lipinski definition) is 1. The van der Waals surface area contributed by atoms with Crippen LogP contribution in [0.2, 0.25) is 0 Å². The number of nitrogens with one attached hydrogen (secondary N) is 1. The van der Waals surface area contributed by atoms with Gasteiger partial charge in [0.25, 0.3) is 10.1 Å². The van der Waals surface area contributed by atoms with E-state index in [0.29, 0.717) is 0 Å². The SMILES string of the molecule is CNC(C)OS(=O)(=O)c1ccc(C)cc1. The molecule has 0 radical (unpaired) electrons. The predicted molar refractivity (Wildman–Crippen MR) is 58.0 cm³/mol. The second-order valence-corrected chi connectivity index (χ2v) is 4.87. The molecule has 5 heteroatoms. The van der Waals surface area contributed by atoms with Gasteiger partial charge in [0.05, 0.1) is 4.90 Å². The molecule has 1 atom stereocenters. The van der Waals surface area contributed by atoms with E-state index in [1.807, 2.05) is 6.92 Å². The van der Waals surface area contributed by atoms with Gasteiger partial charge in [0.15, 0.2) is 0 Å². The summed E-state index contributed by atoms with van der Waals surface area (Å²) < 4.78 is 28.2. The van der Waals surface area contributed by atoms with Gasteiger partial charge in [-0.1, -0.05) is 17.7 Å². The van der Waals surface area contributed by atoms with Gasteiger partial charge in [-0.05, 0) is 33.0 Å². The van der Waals surface area contributed by atoms with Crippen LogP contribution in [0.1, 0.15) is 12.5 Å². The van der Waals surface area contributed by atoms with E-state index in [1.54, 1.807) is 26.1 Å². The summed E-state index contributed by atoms with van der Waals surface area (Å²) in [5.41, 5.74) is 1.01. The lowest BCUT2D eigenvalue weighted by Crippen LogP contribution is -2.27. The van der Waals surface area contributed by atoms with Crippen molar-refractivity contribution >= 4 is 10.1 Å². The molecule has 15 heavy (non-hydrogen) atoms. The summed E-state index contributed by atoms with van der Waals surface area (Å²) in [7, 11) is -2.02. The van der Waals surface area contributed by atoms with E-state index in [1.165, 1.54) is 12.1 Å². The molecule has 1 N–H and O–H groups in total. The minimum Gasteiger partial charge on any atom is -0.294 e. The number of hydrogen-bond acceptors (Lipinski definition) is 4. The molecule has 0 amide bonds. The molecule has 0 fully saturated rings. The fourth-order valence-corrected chi connectivity index (χ4v) is 2.06. The van der Waals surface area contributed by atoms with Gasteiger partial charge in [0.2, 0.25) is 0 Å². The minimum absolute atomic E-state index is 0.176. The molecule has 1 rings (SSSR count). The number of aryl methyl sites for hydroxylation is 1. The van der Waals surface area contributed by atoms with Crippen LogP contribution in [0.15, 0.2) is 29.2 Å². The molecule has 0 spiro atoms. The lowest BCUT2D eigenvalue weighted by molar-refractivity contribution is 0.201. The number of benzene rings is 1. The Hall–Kier alpha value is -0.910. The maximum absolute atomic E-state index is 11.7. The molecule has 0 saturated heterocycles. The zero-order chi connectivity index (χ0) is 11.5. The van der Waals surface area contributed by atoms with Crippen LogP contribution in [-0.2, 0) is 14.3 Å². The molecule has 1 unspecified atom stereocenters. The van der Waals surface area contributed by atoms with Crippen LogP contribution in [0, 0.1) is 6.92 Å². The van der Waals surface area contributed by atoms with E-state index in [4.69, 9.17) is 4.18 Å². The molecule has 0 aliphatic heterocycles. The Kier molecular flexibility index (Phi) is 3.84. The van der Waals surface area contributed by atoms with E-state index in [-0.39, 0.29) is 4.90 Å². The van der Waals surface area contributed by atoms with Crippen molar-refractivity contribution in [2.24, 2.45) is 0 Å². The summed E-state index contributed by atoms with van der Waals surface area (Å²) in [6, 6.07) is 6.54. The second-order valence-electron chi connectivity index (χ2n) is 3.29. The molecule has 1 aromatic carbocycles. The molecule has 84 valence electrons. The van der Waals surface area contributed by atoms with E-state index < -0.39 is 16.3 Å². The van der Waals surface area contributed by atoms with Crippen molar-refractivity contribution in [3.05, 3.63) is 29.8 Å². The molecule has 0 aromatic heterocycles. The lowest BCUT2D eigenvalue weighted by Gasteiger charge is -2.11. The van der Waals surface area contributed by atoms with Gasteiger partial charge in [-0.3, -0.25) is 5.32 Å². The zero-order valence-electron chi connectivity index (χ0n) is 9.02. The first-order chi connectivity index (χ1) is 6.95. The summed E-state index contributed by atoms with van der Waals surface area (Å²) >= 11 is 0. The molecule has 1 aromatic rings. The largest absolute Gasteiger partial charge is 0.298 e. The Morgan fingerprint density at radius 1 is 1.27 bits per heavy atom. The van der Waals surface area contributed by atoms with Crippen LogP contribution in [-0.4, -0.2) is 21.7 Å². The maximum atomic E-state index is 11.7. The van der Waals surface area contributed by atoms with Gasteiger partial charge in [-0.25, -0.2) is 4.18 Å². The van der Waals surface area contributed by atoms with Crippen LogP contribution in [0.4, 0.5) is 0 Å². The van der Waals surface area contributed by atoms with Crippen molar-refractivity contribution in [1.29, 1.82) is 0 Å². The molecule has 0 aliphatic rings. The minimum atomic E-state index is -3.65. The first-order valence-corrected chi connectivity index (χ1v) is 6.04. The fraction of sp³-hybridized carbons (Fsp3) is 0.400. The molecular weight excluding hydrogens is 214 g/mol. The van der Waals surface area contributed by atoms with Crippen molar-refractivity contribution in [3.63, 3.8) is 0 Å². The van der Waals surface area contributed by atoms with Gasteiger partial charge >= 0.3 is 0 Å². The standard InChI is InChI=1S/C10H15NO3S/c1-8-4-6-10(7-5-8)15(12,13)14-9(2)11-3/h4-7,9,11H,1-3H3. The van der Waals surface area contributed by atoms with Crippen LogP contribution < -0.4 is 5.32 Å². The van der Waals surface area contributed by atoms with Gasteiger partial charge < -0.3 is 0 Å². The van der Waals surface area contributed by atoms with Gasteiger partial charge in [-0.2, -0.15) is 8.42 Å². The van der Waals surface area contributed by atoms with Crippen molar-refractivity contribution in [3.8, 4) is 0 Å². The van der Waals surface area contributed by atoms with Crippen LogP contribution in [0.3, 0.4) is 0 Å². The van der Waals surface area contributed by atoms with Crippen molar-refractivity contribution in [2.75, 3.05) is 7.05 Å². The first-order valence-electron chi connectivity index (χ1n) is 4.63. The normalized spacial score (nSPS) is 13.8. The van der Waals surface area contributed by atoms with E-state index >= 15 is 0 Å². The van der Waals surface area contributed by atoms with E-state index in [2.05, 4.69) is 5.32 Å². The second kappa shape index (κ2) is 4.74. The molecule has 0 aliphatic carbocycles. The topological polar surface area (TPSA) is 55.4 Å². The Morgan fingerprint density at radius 2 is 1.80 bits per heavy atom. The molecular formula is C10H15NO3S. The van der Waals surface area contributed by atoms with Crippen LogP contribution >= 0.6 is 0 Å². The smallest absolute Gasteiger partial charge is 0.294 e. The third-order valence-corrected chi connectivity index (χ3v) is 3.38. The van der Waals surface area contributed by atoms with E-state index in [9.17, 15) is 8.42 Å². The summed E-state index contributed by atoms with van der Waals surface area (Å²) in [6.45, 7) is 3.53. The zero-order valence-corrected chi connectivity index (χ0v) is 9.84. The molecule has 4 nitrogen and oxygen atoms in total. The molecule has 0 bridgehead atoms. The highest BCUT2D eigenvalue weighted by atomic mass is 32.2. The highest BCUT2D eigenvalue weighted by molar-refractivity contribution is 7.86. The van der Waals surface area contributed by atoms with Crippen molar-refractivity contribution < 1.29 is 12.6 Å². The lowest BCUT2D eigenvalue weighted by atomic mass is 10.2. The Morgan fingerprint density at radius 3 is 2.27 bits per heavy atom. The summed E-state index contributed by atoms with van der Waals surface area (Å²) in [4.78, 5) is 0.176. The van der Waals surface area contributed by atoms with E-state index in [0.717, 1.165) is 5.56 Å². The van der Waals surface area contributed by atoms with Crippen molar-refractivity contribution in [1.82, 2.24) is 5.32 Å². The maximum Gasteiger partial charge on any atom is 0.298 e. The third kappa shape index (κ3) is 3.30. The van der Waals surface area contributed by atoms with Gasteiger partial charge in [0.1, 0.15) is 6.23 Å². The van der Waals surface area contributed by atoms with Crippen LogP contribution in [0.5, 0.6) is 0 Å². The molecule has 0 saturated carbocycles. The highest BCUT2D eigenvalue weighted by Gasteiger charge is 2.17. The van der Waals surface area contributed by atoms with Crippen LogP contribution in [0.25, 0.3) is 0 Å². The van der Waals surface area contributed by atoms with Gasteiger partial charge in [-0.15, -0.1) is 0 Å².